The van der Waals surface area contributed by atoms with E-state index in [-0.39, 0.29) is 5.91 Å². The number of carbonyl (C=O) groups is 1. The van der Waals surface area contributed by atoms with Gasteiger partial charge in [0.25, 0.3) is 5.91 Å². The molecule has 0 atom stereocenters. The third-order valence-electron chi connectivity index (χ3n) is 4.15. The molecule has 1 N–H and O–H groups in total. The van der Waals surface area contributed by atoms with Gasteiger partial charge >= 0.3 is 0 Å². The molecule has 0 radical (unpaired) electrons. The van der Waals surface area contributed by atoms with E-state index in [1.54, 1.807) is 11.3 Å². The fraction of sp³-hybridized carbons (Fsp3) is 0.750. The summed E-state index contributed by atoms with van der Waals surface area (Å²) in [6.07, 6.45) is 2.17. The number of aromatic nitrogens is 1. The van der Waals surface area contributed by atoms with Crippen molar-refractivity contribution in [3.8, 4) is 0 Å². The van der Waals surface area contributed by atoms with Crippen molar-refractivity contribution >= 4 is 17.2 Å². The summed E-state index contributed by atoms with van der Waals surface area (Å²) in [7, 11) is 0. The van der Waals surface area contributed by atoms with Crippen molar-refractivity contribution in [3.63, 3.8) is 0 Å². The molecule has 1 saturated heterocycles. The highest BCUT2D eigenvalue weighted by Crippen LogP contribution is 2.33. The van der Waals surface area contributed by atoms with Gasteiger partial charge in [0.2, 0.25) is 0 Å². The molecule has 1 aliphatic rings. The van der Waals surface area contributed by atoms with Gasteiger partial charge in [-0.2, -0.15) is 0 Å². The van der Waals surface area contributed by atoms with Gasteiger partial charge in [0.05, 0.1) is 10.7 Å². The summed E-state index contributed by atoms with van der Waals surface area (Å²) in [6.45, 7) is 12.0. The van der Waals surface area contributed by atoms with Crippen molar-refractivity contribution in [2.24, 2.45) is 0 Å². The number of rotatable bonds is 5. The Kier molecular flexibility index (Phi) is 5.76. The maximum Gasteiger partial charge on any atom is 0.265 e. The van der Waals surface area contributed by atoms with Gasteiger partial charge in [-0.05, 0) is 18.8 Å². The molecule has 0 aromatic carbocycles. The van der Waals surface area contributed by atoms with E-state index < -0.39 is 0 Å². The smallest absolute Gasteiger partial charge is 0.265 e. The first-order valence-corrected chi connectivity index (χ1v) is 8.90. The van der Waals surface area contributed by atoms with Crippen LogP contribution >= 0.6 is 11.3 Å². The zero-order valence-electron chi connectivity index (χ0n) is 13.6. The first-order chi connectivity index (χ1) is 10.1. The standard InChI is InChI=1S/C16H27N3OS/c1-5-12(6-2)15-18-13(11(3)4)14(21-15)16(20)19-9-7-17-8-10-19/h11-12,17H,5-10H2,1-4H3. The number of nitrogens with one attached hydrogen (secondary N) is 1. The minimum Gasteiger partial charge on any atom is -0.335 e. The van der Waals surface area contributed by atoms with E-state index in [0.717, 1.165) is 54.6 Å². The van der Waals surface area contributed by atoms with Crippen molar-refractivity contribution in [3.05, 3.63) is 15.6 Å². The zero-order valence-corrected chi connectivity index (χ0v) is 14.4. The second kappa shape index (κ2) is 7.36. The molecular weight excluding hydrogens is 282 g/mol. The Bertz CT molecular complexity index is 474. The van der Waals surface area contributed by atoms with Crippen LogP contribution in [0.1, 0.15) is 72.7 Å². The highest BCUT2D eigenvalue weighted by atomic mass is 32.1. The second-order valence-corrected chi connectivity index (χ2v) is 7.01. The number of carbonyl (C=O) groups excluding carboxylic acids is 1. The van der Waals surface area contributed by atoms with Crippen LogP contribution in [0.4, 0.5) is 0 Å². The number of nitrogens with zero attached hydrogens (tertiary/aromatic N) is 2. The lowest BCUT2D eigenvalue weighted by atomic mass is 10.0. The van der Waals surface area contributed by atoms with Crippen LogP contribution in [0.15, 0.2) is 0 Å². The summed E-state index contributed by atoms with van der Waals surface area (Å²) in [4.78, 5) is 20.5. The van der Waals surface area contributed by atoms with Crippen LogP contribution in [-0.2, 0) is 0 Å². The Morgan fingerprint density at radius 2 is 1.90 bits per heavy atom. The first kappa shape index (κ1) is 16.4. The van der Waals surface area contributed by atoms with Crippen molar-refractivity contribution in [2.45, 2.75) is 52.4 Å². The summed E-state index contributed by atoms with van der Waals surface area (Å²) < 4.78 is 0. The minimum atomic E-state index is 0.176. The molecule has 0 spiro atoms. The molecule has 0 bridgehead atoms. The number of hydrogen-bond donors (Lipinski definition) is 1. The average molecular weight is 309 g/mol. The van der Waals surface area contributed by atoms with Gasteiger partial charge in [0.1, 0.15) is 4.88 Å². The fourth-order valence-corrected chi connectivity index (χ4v) is 4.17. The van der Waals surface area contributed by atoms with Crippen LogP contribution < -0.4 is 5.32 Å². The number of hydrogen-bond acceptors (Lipinski definition) is 4. The molecule has 1 aromatic rings. The largest absolute Gasteiger partial charge is 0.335 e. The van der Waals surface area contributed by atoms with Gasteiger partial charge in [-0.3, -0.25) is 4.79 Å². The average Bonchev–Trinajstić information content (AvgIpc) is 2.94. The predicted molar refractivity (Wildman–Crippen MR) is 88.3 cm³/mol. The van der Waals surface area contributed by atoms with E-state index in [1.807, 2.05) is 4.90 Å². The van der Waals surface area contributed by atoms with Crippen LogP contribution in [0.2, 0.25) is 0 Å². The van der Waals surface area contributed by atoms with Crippen LogP contribution in [0.3, 0.4) is 0 Å². The van der Waals surface area contributed by atoms with Crippen LogP contribution in [0.25, 0.3) is 0 Å². The van der Waals surface area contributed by atoms with E-state index in [9.17, 15) is 4.79 Å². The molecule has 118 valence electrons. The molecule has 1 aromatic heterocycles. The molecule has 2 heterocycles. The molecular formula is C16H27N3OS. The Morgan fingerprint density at radius 1 is 1.29 bits per heavy atom. The summed E-state index contributed by atoms with van der Waals surface area (Å²) in [6, 6.07) is 0. The Balaban J connectivity index is 2.29. The minimum absolute atomic E-state index is 0.176. The summed E-state index contributed by atoms with van der Waals surface area (Å²) >= 11 is 1.62. The number of piperazine rings is 1. The van der Waals surface area contributed by atoms with Crippen LogP contribution in [0, 0.1) is 0 Å². The lowest BCUT2D eigenvalue weighted by Gasteiger charge is -2.27. The van der Waals surface area contributed by atoms with Gasteiger partial charge in [-0.25, -0.2) is 4.98 Å². The van der Waals surface area contributed by atoms with Gasteiger partial charge in [0, 0.05) is 32.1 Å². The fourth-order valence-electron chi connectivity index (χ4n) is 2.72. The number of thiazole rings is 1. The van der Waals surface area contributed by atoms with Gasteiger partial charge in [0.15, 0.2) is 0 Å². The highest BCUT2D eigenvalue weighted by Gasteiger charge is 2.27. The summed E-state index contributed by atoms with van der Waals surface area (Å²) in [5.41, 5.74) is 0.991. The van der Waals surface area contributed by atoms with Crippen molar-refractivity contribution in [1.29, 1.82) is 0 Å². The monoisotopic (exact) mass is 309 g/mol. The predicted octanol–water partition coefficient (Wildman–Crippen LogP) is 3.22. The maximum atomic E-state index is 12.8. The van der Waals surface area contributed by atoms with Crippen molar-refractivity contribution in [1.82, 2.24) is 15.2 Å². The second-order valence-electron chi connectivity index (χ2n) is 5.98. The van der Waals surface area contributed by atoms with E-state index in [4.69, 9.17) is 4.98 Å². The highest BCUT2D eigenvalue weighted by molar-refractivity contribution is 7.13. The summed E-state index contributed by atoms with van der Waals surface area (Å²) in [5.74, 6) is 0.957. The summed E-state index contributed by atoms with van der Waals surface area (Å²) in [5, 5.41) is 4.43. The lowest BCUT2D eigenvalue weighted by molar-refractivity contribution is 0.0739. The van der Waals surface area contributed by atoms with Gasteiger partial charge in [-0.15, -0.1) is 11.3 Å². The maximum absolute atomic E-state index is 12.8. The van der Waals surface area contributed by atoms with Crippen LogP contribution in [-0.4, -0.2) is 42.0 Å². The molecule has 4 nitrogen and oxygen atoms in total. The normalized spacial score (nSPS) is 16.0. The zero-order chi connectivity index (χ0) is 15.4. The first-order valence-electron chi connectivity index (χ1n) is 8.09. The Hall–Kier alpha value is -0.940. The lowest BCUT2D eigenvalue weighted by Crippen LogP contribution is -2.46. The topological polar surface area (TPSA) is 45.2 Å². The molecule has 0 unspecified atom stereocenters. The molecule has 1 amide bonds. The molecule has 1 aliphatic heterocycles. The SMILES string of the molecule is CCC(CC)c1nc(C(C)C)c(C(=O)N2CCNCC2)s1. The molecule has 21 heavy (non-hydrogen) atoms. The Labute approximate surface area is 132 Å². The van der Waals surface area contributed by atoms with E-state index in [0.29, 0.717) is 11.8 Å². The molecule has 0 saturated carbocycles. The van der Waals surface area contributed by atoms with E-state index >= 15 is 0 Å². The molecule has 2 rings (SSSR count). The van der Waals surface area contributed by atoms with Crippen LogP contribution in [0.5, 0.6) is 0 Å². The Morgan fingerprint density at radius 3 is 2.43 bits per heavy atom. The molecule has 0 aliphatic carbocycles. The van der Waals surface area contributed by atoms with Gasteiger partial charge < -0.3 is 10.2 Å². The quantitative estimate of drug-likeness (QED) is 0.908. The van der Waals surface area contributed by atoms with E-state index in [2.05, 4.69) is 33.0 Å². The van der Waals surface area contributed by atoms with Crippen molar-refractivity contribution in [2.75, 3.05) is 26.2 Å². The third kappa shape index (κ3) is 3.64. The number of amides is 1. The molecule has 1 fully saturated rings. The van der Waals surface area contributed by atoms with Gasteiger partial charge in [-0.1, -0.05) is 27.7 Å². The molecule has 5 heteroatoms. The third-order valence-corrected chi connectivity index (χ3v) is 5.37. The van der Waals surface area contributed by atoms with Crippen molar-refractivity contribution < 1.29 is 4.79 Å². The van der Waals surface area contributed by atoms with E-state index in [1.165, 1.54) is 0 Å².